The van der Waals surface area contributed by atoms with E-state index in [1.165, 1.54) is 128 Å². The number of hydrogen-bond acceptors (Lipinski definition) is 7. The number of aliphatic hydroxyl groups is 1. The number of rotatable bonds is 34. The molecule has 1 heterocycles. The molecule has 274 valence electrons. The number of ether oxygens (including phenoxy) is 4. The van der Waals surface area contributed by atoms with Crippen LogP contribution in [0.1, 0.15) is 181 Å². The average Bonchev–Trinajstić information content (AvgIpc) is 3.33. The van der Waals surface area contributed by atoms with Gasteiger partial charge in [0.15, 0.2) is 6.29 Å². The quantitative estimate of drug-likeness (QED) is 0.0546. The van der Waals surface area contributed by atoms with Crippen LogP contribution in [-0.4, -0.2) is 81.0 Å². The maximum atomic E-state index is 12.3. The summed E-state index contributed by atoms with van der Waals surface area (Å²) in [6.07, 6.45) is 29.7. The van der Waals surface area contributed by atoms with Crippen molar-refractivity contribution >= 4 is 5.97 Å². The molecule has 0 bridgehead atoms. The Morgan fingerprint density at radius 1 is 0.587 bits per heavy atom. The largest absolute Gasteiger partial charge is 0.463 e. The topological polar surface area (TPSA) is 77.5 Å². The molecule has 1 aliphatic rings. The van der Waals surface area contributed by atoms with E-state index in [9.17, 15) is 9.90 Å². The zero-order chi connectivity index (χ0) is 33.5. The van der Waals surface area contributed by atoms with E-state index >= 15 is 0 Å². The van der Waals surface area contributed by atoms with E-state index in [1.807, 2.05) is 14.1 Å². The van der Waals surface area contributed by atoms with Crippen molar-refractivity contribution < 1.29 is 28.8 Å². The van der Waals surface area contributed by atoms with Gasteiger partial charge in [-0.25, -0.2) is 0 Å². The van der Waals surface area contributed by atoms with Gasteiger partial charge in [0.25, 0.3) is 0 Å². The summed E-state index contributed by atoms with van der Waals surface area (Å²) in [5.41, 5.74) is 0. The lowest BCUT2D eigenvalue weighted by Crippen LogP contribution is -2.40. The molecule has 1 rings (SSSR count). The number of carbonyl (C=O) groups is 1. The summed E-state index contributed by atoms with van der Waals surface area (Å²) in [6.45, 7) is 6.65. The van der Waals surface area contributed by atoms with Gasteiger partial charge in [-0.2, -0.15) is 0 Å². The van der Waals surface area contributed by atoms with Crippen LogP contribution < -0.4 is 0 Å². The van der Waals surface area contributed by atoms with Crippen molar-refractivity contribution in [2.45, 2.75) is 205 Å². The third-order valence-electron chi connectivity index (χ3n) is 9.30. The van der Waals surface area contributed by atoms with Crippen LogP contribution in [0.15, 0.2) is 0 Å². The van der Waals surface area contributed by atoms with E-state index in [0.29, 0.717) is 19.6 Å². The summed E-state index contributed by atoms with van der Waals surface area (Å²) in [5, 5.41) is 10.7. The fourth-order valence-electron chi connectivity index (χ4n) is 6.33. The Balaban J connectivity index is 2.33. The van der Waals surface area contributed by atoms with Gasteiger partial charge in [-0.3, -0.25) is 4.79 Å². The van der Waals surface area contributed by atoms with Crippen molar-refractivity contribution in [1.29, 1.82) is 0 Å². The van der Waals surface area contributed by atoms with E-state index in [4.69, 9.17) is 18.9 Å². The molecule has 1 aliphatic heterocycles. The van der Waals surface area contributed by atoms with Crippen LogP contribution in [0.5, 0.6) is 0 Å². The van der Waals surface area contributed by atoms with Crippen LogP contribution in [0.2, 0.25) is 0 Å². The van der Waals surface area contributed by atoms with Gasteiger partial charge in [0, 0.05) is 19.6 Å². The van der Waals surface area contributed by atoms with Gasteiger partial charge in [0.1, 0.15) is 24.9 Å². The lowest BCUT2D eigenvalue weighted by Gasteiger charge is -2.24. The van der Waals surface area contributed by atoms with Crippen molar-refractivity contribution in [2.75, 3.05) is 40.5 Å². The van der Waals surface area contributed by atoms with Gasteiger partial charge < -0.3 is 29.0 Å². The van der Waals surface area contributed by atoms with Gasteiger partial charge in [0.2, 0.25) is 0 Å². The Bertz CT molecular complexity index is 662. The normalized spacial score (nSPS) is 19.8. The molecular weight excluding hydrogens is 578 g/mol. The summed E-state index contributed by atoms with van der Waals surface area (Å²) in [6, 6.07) is 0. The van der Waals surface area contributed by atoms with Crippen molar-refractivity contribution in [3.63, 3.8) is 0 Å². The summed E-state index contributed by atoms with van der Waals surface area (Å²) >= 11 is 0. The van der Waals surface area contributed by atoms with E-state index in [-0.39, 0.29) is 12.6 Å². The Morgan fingerprint density at radius 2 is 0.978 bits per heavy atom. The number of esters is 1. The summed E-state index contributed by atoms with van der Waals surface area (Å²) in [7, 11) is 3.99. The summed E-state index contributed by atoms with van der Waals surface area (Å²) in [5.74, 6) is -0.236. The molecule has 1 saturated heterocycles. The molecule has 1 fully saturated rings. The molecule has 0 amide bonds. The Labute approximate surface area is 285 Å². The molecule has 4 atom stereocenters. The minimum absolute atomic E-state index is 0.0828. The van der Waals surface area contributed by atoms with Crippen LogP contribution in [0.4, 0.5) is 0 Å². The number of hydrogen-bond donors (Lipinski definition) is 1. The second-order valence-electron chi connectivity index (χ2n) is 14.1. The van der Waals surface area contributed by atoms with Crippen molar-refractivity contribution in [3.8, 4) is 0 Å². The maximum absolute atomic E-state index is 12.3. The highest BCUT2D eigenvalue weighted by atomic mass is 16.7. The number of aliphatic hydroxyl groups excluding tert-OH is 1. The molecule has 1 N–H and O–H groups in total. The average molecular weight is 656 g/mol. The first-order valence-electron chi connectivity index (χ1n) is 19.9. The molecule has 0 aromatic carbocycles. The van der Waals surface area contributed by atoms with Crippen molar-refractivity contribution in [1.82, 2.24) is 4.90 Å². The Morgan fingerprint density at radius 3 is 1.39 bits per heavy atom. The van der Waals surface area contributed by atoms with Crippen LogP contribution in [-0.2, 0) is 23.7 Å². The van der Waals surface area contributed by atoms with Gasteiger partial charge >= 0.3 is 5.97 Å². The number of unbranched alkanes of at least 4 members (excludes halogenated alkanes) is 22. The molecular formula is C39H77NO6. The van der Waals surface area contributed by atoms with E-state index < -0.39 is 24.6 Å². The highest BCUT2D eigenvalue weighted by molar-refractivity contribution is 5.69. The monoisotopic (exact) mass is 656 g/mol. The first-order valence-corrected chi connectivity index (χ1v) is 19.9. The number of carbonyl (C=O) groups excluding carboxylic acids is 1. The summed E-state index contributed by atoms with van der Waals surface area (Å²) < 4.78 is 23.8. The van der Waals surface area contributed by atoms with E-state index in [1.54, 1.807) is 0 Å². The predicted octanol–water partition coefficient (Wildman–Crippen LogP) is 9.76. The minimum atomic E-state index is -1.07. The molecule has 0 spiro atoms. The molecule has 0 aromatic heterocycles. The minimum Gasteiger partial charge on any atom is -0.463 e. The Hall–Kier alpha value is -0.730. The molecule has 7 heteroatoms. The van der Waals surface area contributed by atoms with E-state index in [0.717, 1.165) is 38.6 Å². The fourth-order valence-corrected chi connectivity index (χ4v) is 6.33. The predicted molar refractivity (Wildman–Crippen MR) is 191 cm³/mol. The lowest BCUT2D eigenvalue weighted by atomic mass is 10.1. The SMILES string of the molecule is CCCCCCCCCCCCCCO[C@@H]1[C@H](OCCCCCCCCCCCCCC)[C@H](O)O[C@@H]1COC(=O)CCCN(C)C. The van der Waals surface area contributed by atoms with Gasteiger partial charge in [0.05, 0.1) is 0 Å². The highest BCUT2D eigenvalue weighted by Gasteiger charge is 2.46. The van der Waals surface area contributed by atoms with Crippen LogP contribution in [0.25, 0.3) is 0 Å². The van der Waals surface area contributed by atoms with Crippen molar-refractivity contribution in [2.24, 2.45) is 0 Å². The summed E-state index contributed by atoms with van der Waals surface area (Å²) in [4.78, 5) is 14.4. The Kier molecular flexibility index (Phi) is 29.7. The van der Waals surface area contributed by atoms with E-state index in [2.05, 4.69) is 18.7 Å². The molecule has 0 aromatic rings. The molecule has 46 heavy (non-hydrogen) atoms. The van der Waals surface area contributed by atoms with Gasteiger partial charge in [-0.1, -0.05) is 155 Å². The molecule has 0 unspecified atom stereocenters. The first-order chi connectivity index (χ1) is 22.5. The molecule has 0 saturated carbocycles. The molecule has 0 aliphatic carbocycles. The lowest BCUT2D eigenvalue weighted by molar-refractivity contribution is -0.161. The zero-order valence-corrected chi connectivity index (χ0v) is 31.0. The smallest absolute Gasteiger partial charge is 0.305 e. The van der Waals surface area contributed by atoms with Gasteiger partial charge in [-0.05, 0) is 39.9 Å². The fraction of sp³-hybridized carbons (Fsp3) is 0.974. The standard InChI is InChI=1S/C39H77NO6/c1-5-7-9-11-13-15-17-19-21-23-25-27-32-43-37-35(34-45-36(41)30-29-31-40(3)4)46-39(42)38(37)44-33-28-26-24-22-20-18-16-14-12-10-8-6-2/h35,37-39,42H,5-34H2,1-4H3/t35-,37+,38+,39-/m1/s1. The van der Waals surface area contributed by atoms with Crippen LogP contribution >= 0.6 is 0 Å². The van der Waals surface area contributed by atoms with Gasteiger partial charge in [-0.15, -0.1) is 0 Å². The third kappa shape index (κ3) is 24.4. The molecule has 0 radical (unpaired) electrons. The van der Waals surface area contributed by atoms with Crippen molar-refractivity contribution in [3.05, 3.63) is 0 Å². The van der Waals surface area contributed by atoms with Crippen LogP contribution in [0.3, 0.4) is 0 Å². The van der Waals surface area contributed by atoms with Crippen LogP contribution in [0, 0.1) is 0 Å². The molecule has 7 nitrogen and oxygen atoms in total. The second kappa shape index (κ2) is 31.5. The first kappa shape index (κ1) is 43.3. The maximum Gasteiger partial charge on any atom is 0.305 e. The third-order valence-corrected chi connectivity index (χ3v) is 9.30. The second-order valence-corrected chi connectivity index (χ2v) is 14.1. The highest BCUT2D eigenvalue weighted by Crippen LogP contribution is 2.27. The zero-order valence-electron chi connectivity index (χ0n) is 31.0. The number of nitrogens with zero attached hydrogens (tertiary/aromatic N) is 1.